The Hall–Kier alpha value is -1.63. The molecule has 2 aromatic heterocycles. The van der Waals surface area contributed by atoms with E-state index in [2.05, 4.69) is 15.1 Å². The van der Waals surface area contributed by atoms with Gasteiger partial charge in [-0.25, -0.2) is 14.6 Å². The van der Waals surface area contributed by atoms with Crippen LogP contribution in [0.15, 0.2) is 12.4 Å². The zero-order chi connectivity index (χ0) is 13.5. The Kier molecular flexibility index (Phi) is 3.02. The third-order valence-electron chi connectivity index (χ3n) is 2.33. The van der Waals surface area contributed by atoms with E-state index in [1.165, 1.54) is 19.3 Å². The van der Waals surface area contributed by atoms with Gasteiger partial charge in [0.2, 0.25) is 0 Å². The SMILES string of the molecule is Cc1cc(-n2nc(C(F)(F)F)c(C)c2Cl)ncn1. The minimum Gasteiger partial charge on any atom is -0.242 e. The first-order valence-electron chi connectivity index (χ1n) is 4.92. The van der Waals surface area contributed by atoms with E-state index in [0.717, 1.165) is 4.68 Å². The Balaban J connectivity index is 2.60. The first-order valence-corrected chi connectivity index (χ1v) is 5.30. The lowest BCUT2D eigenvalue weighted by Crippen LogP contribution is -2.09. The number of halogens is 4. The Bertz CT molecular complexity index is 591. The minimum atomic E-state index is -4.54. The second-order valence-corrected chi connectivity index (χ2v) is 4.05. The standard InChI is InChI=1S/C10H8ClF3N4/c1-5-3-7(16-4-15-5)18-9(11)6(2)8(17-18)10(12,13)14/h3-4H,1-2H3. The van der Waals surface area contributed by atoms with Gasteiger partial charge < -0.3 is 0 Å². The number of aromatic nitrogens is 4. The van der Waals surface area contributed by atoms with Crippen LogP contribution in [0.1, 0.15) is 17.0 Å². The molecule has 8 heteroatoms. The van der Waals surface area contributed by atoms with Crippen molar-refractivity contribution in [1.29, 1.82) is 0 Å². The molecule has 0 aliphatic rings. The maximum Gasteiger partial charge on any atom is 0.435 e. The van der Waals surface area contributed by atoms with E-state index in [1.54, 1.807) is 6.92 Å². The highest BCUT2D eigenvalue weighted by Gasteiger charge is 2.37. The molecular formula is C10H8ClF3N4. The van der Waals surface area contributed by atoms with E-state index in [9.17, 15) is 13.2 Å². The molecule has 0 aliphatic carbocycles. The van der Waals surface area contributed by atoms with Gasteiger partial charge in [-0.2, -0.15) is 18.3 Å². The first-order chi connectivity index (χ1) is 8.30. The number of rotatable bonds is 1. The maximum absolute atomic E-state index is 12.7. The Labute approximate surface area is 105 Å². The fourth-order valence-electron chi connectivity index (χ4n) is 1.45. The van der Waals surface area contributed by atoms with Gasteiger partial charge in [-0.3, -0.25) is 0 Å². The number of aryl methyl sites for hydroxylation is 1. The second kappa shape index (κ2) is 4.24. The van der Waals surface area contributed by atoms with Crippen LogP contribution in [0, 0.1) is 13.8 Å². The summed E-state index contributed by atoms with van der Waals surface area (Å²) in [5, 5.41) is 3.35. The van der Waals surface area contributed by atoms with Gasteiger partial charge in [0.25, 0.3) is 0 Å². The summed E-state index contributed by atoms with van der Waals surface area (Å²) in [4.78, 5) is 7.70. The summed E-state index contributed by atoms with van der Waals surface area (Å²) in [6.45, 7) is 2.96. The van der Waals surface area contributed by atoms with Crippen molar-refractivity contribution in [3.05, 3.63) is 34.5 Å². The van der Waals surface area contributed by atoms with E-state index in [-0.39, 0.29) is 16.5 Å². The van der Waals surface area contributed by atoms with Gasteiger partial charge in [-0.15, -0.1) is 0 Å². The number of nitrogens with zero attached hydrogens (tertiary/aromatic N) is 4. The molecule has 0 bridgehead atoms. The summed E-state index contributed by atoms with van der Waals surface area (Å²) in [5.74, 6) is 0.200. The summed E-state index contributed by atoms with van der Waals surface area (Å²) in [7, 11) is 0. The third-order valence-corrected chi connectivity index (χ3v) is 2.77. The summed E-state index contributed by atoms with van der Waals surface area (Å²) in [5.41, 5.74) is -0.526. The van der Waals surface area contributed by atoms with Crippen LogP contribution in [0.2, 0.25) is 5.15 Å². The van der Waals surface area contributed by atoms with Crippen molar-refractivity contribution in [1.82, 2.24) is 19.7 Å². The normalized spacial score (nSPS) is 11.9. The van der Waals surface area contributed by atoms with E-state index >= 15 is 0 Å². The molecule has 0 saturated heterocycles. The van der Waals surface area contributed by atoms with Crippen molar-refractivity contribution in [3.63, 3.8) is 0 Å². The predicted molar refractivity (Wildman–Crippen MR) is 58.6 cm³/mol. The molecular weight excluding hydrogens is 269 g/mol. The zero-order valence-electron chi connectivity index (χ0n) is 9.46. The maximum atomic E-state index is 12.7. The number of hydrogen-bond acceptors (Lipinski definition) is 3. The average Bonchev–Trinajstić information content (AvgIpc) is 2.55. The topological polar surface area (TPSA) is 43.6 Å². The molecule has 2 rings (SSSR count). The summed E-state index contributed by atoms with van der Waals surface area (Å²) in [6.07, 6.45) is -3.30. The molecule has 0 fully saturated rings. The van der Waals surface area contributed by atoms with E-state index in [4.69, 9.17) is 11.6 Å². The molecule has 0 aliphatic heterocycles. The molecule has 0 saturated carbocycles. The van der Waals surface area contributed by atoms with Gasteiger partial charge >= 0.3 is 6.18 Å². The monoisotopic (exact) mass is 276 g/mol. The van der Waals surface area contributed by atoms with Crippen molar-refractivity contribution in [2.45, 2.75) is 20.0 Å². The fourth-order valence-corrected chi connectivity index (χ4v) is 1.67. The van der Waals surface area contributed by atoms with Crippen molar-refractivity contribution < 1.29 is 13.2 Å². The molecule has 0 spiro atoms. The number of hydrogen-bond donors (Lipinski definition) is 0. The lowest BCUT2D eigenvalue weighted by Gasteiger charge is -2.03. The highest BCUT2D eigenvalue weighted by Crippen LogP contribution is 2.34. The molecule has 0 N–H and O–H groups in total. The van der Waals surface area contributed by atoms with Gasteiger partial charge in [-0.05, 0) is 13.8 Å². The quantitative estimate of drug-likeness (QED) is 0.804. The van der Waals surface area contributed by atoms with Crippen LogP contribution in [0.3, 0.4) is 0 Å². The molecule has 18 heavy (non-hydrogen) atoms. The average molecular weight is 277 g/mol. The first kappa shape index (κ1) is 12.8. The van der Waals surface area contributed by atoms with Gasteiger partial charge in [-0.1, -0.05) is 11.6 Å². The van der Waals surface area contributed by atoms with Crippen LogP contribution in [0.25, 0.3) is 5.82 Å². The predicted octanol–water partition coefficient (Wildman–Crippen LogP) is 2.95. The molecule has 0 unspecified atom stereocenters. The second-order valence-electron chi connectivity index (χ2n) is 3.69. The lowest BCUT2D eigenvalue weighted by atomic mass is 10.3. The van der Waals surface area contributed by atoms with E-state index in [0.29, 0.717) is 5.69 Å². The summed E-state index contributed by atoms with van der Waals surface area (Å²) < 4.78 is 39.0. The fraction of sp³-hybridized carbons (Fsp3) is 0.300. The lowest BCUT2D eigenvalue weighted by molar-refractivity contribution is -0.141. The molecule has 4 nitrogen and oxygen atoms in total. The molecule has 0 aromatic carbocycles. The van der Waals surface area contributed by atoms with Crippen molar-refractivity contribution in [2.75, 3.05) is 0 Å². The van der Waals surface area contributed by atoms with Gasteiger partial charge in [0.05, 0.1) is 0 Å². The van der Waals surface area contributed by atoms with Gasteiger partial charge in [0, 0.05) is 17.3 Å². The van der Waals surface area contributed by atoms with Crippen molar-refractivity contribution in [2.24, 2.45) is 0 Å². The number of alkyl halides is 3. The molecule has 2 heterocycles. The molecule has 0 amide bonds. The van der Waals surface area contributed by atoms with Crippen LogP contribution in [-0.2, 0) is 6.18 Å². The minimum absolute atomic E-state index is 0.111. The Morgan fingerprint density at radius 3 is 2.39 bits per heavy atom. The van der Waals surface area contributed by atoms with Crippen molar-refractivity contribution >= 4 is 11.6 Å². The van der Waals surface area contributed by atoms with E-state index in [1.807, 2.05) is 0 Å². The Morgan fingerprint density at radius 1 is 1.22 bits per heavy atom. The van der Waals surface area contributed by atoms with Crippen LogP contribution in [0.5, 0.6) is 0 Å². The summed E-state index contributed by atoms with van der Waals surface area (Å²) >= 11 is 5.85. The van der Waals surface area contributed by atoms with Crippen molar-refractivity contribution in [3.8, 4) is 5.82 Å². The largest absolute Gasteiger partial charge is 0.435 e. The van der Waals surface area contributed by atoms with E-state index < -0.39 is 11.9 Å². The van der Waals surface area contributed by atoms with Gasteiger partial charge in [0.15, 0.2) is 11.5 Å². The van der Waals surface area contributed by atoms with Crippen LogP contribution >= 0.6 is 11.6 Å². The van der Waals surface area contributed by atoms with Crippen LogP contribution in [0.4, 0.5) is 13.2 Å². The highest BCUT2D eigenvalue weighted by molar-refractivity contribution is 6.30. The molecule has 96 valence electrons. The Morgan fingerprint density at radius 2 is 1.89 bits per heavy atom. The molecule has 0 atom stereocenters. The summed E-state index contributed by atoms with van der Waals surface area (Å²) in [6, 6.07) is 1.50. The van der Waals surface area contributed by atoms with Gasteiger partial charge in [0.1, 0.15) is 11.5 Å². The zero-order valence-corrected chi connectivity index (χ0v) is 10.2. The highest BCUT2D eigenvalue weighted by atomic mass is 35.5. The van der Waals surface area contributed by atoms with Crippen LogP contribution in [-0.4, -0.2) is 19.7 Å². The van der Waals surface area contributed by atoms with Crippen LogP contribution < -0.4 is 0 Å². The molecule has 0 radical (unpaired) electrons. The molecule has 2 aromatic rings. The third kappa shape index (κ3) is 2.17. The smallest absolute Gasteiger partial charge is 0.242 e.